The van der Waals surface area contributed by atoms with Crippen LogP contribution in [0.15, 0.2) is 30.9 Å². The second kappa shape index (κ2) is 5.06. The summed E-state index contributed by atoms with van der Waals surface area (Å²) in [6, 6.07) is 5.83. The summed E-state index contributed by atoms with van der Waals surface area (Å²) in [7, 11) is 0. The second-order valence-corrected chi connectivity index (χ2v) is 3.49. The van der Waals surface area contributed by atoms with Crippen LogP contribution >= 0.6 is 11.6 Å². The molecule has 0 aliphatic carbocycles. The fourth-order valence-electron chi connectivity index (χ4n) is 1.27. The van der Waals surface area contributed by atoms with E-state index in [1.165, 1.54) is 0 Å². The highest BCUT2D eigenvalue weighted by Crippen LogP contribution is 2.33. The molecule has 0 saturated heterocycles. The average Bonchev–Trinajstić information content (AvgIpc) is 2.20. The minimum Gasteiger partial charge on any atom is -0.492 e. The zero-order valence-electron chi connectivity index (χ0n) is 8.59. The molecule has 0 N–H and O–H groups in total. The van der Waals surface area contributed by atoms with Crippen molar-refractivity contribution in [1.82, 2.24) is 0 Å². The van der Waals surface area contributed by atoms with Crippen molar-refractivity contribution in [3.63, 3.8) is 0 Å². The molecule has 1 aromatic carbocycles. The van der Waals surface area contributed by atoms with Crippen LogP contribution in [0, 0.1) is 0 Å². The molecule has 1 atom stereocenters. The number of rotatable bonds is 4. The Bertz CT molecular complexity index is 320. The van der Waals surface area contributed by atoms with E-state index in [-0.39, 0.29) is 5.92 Å². The van der Waals surface area contributed by atoms with Gasteiger partial charge < -0.3 is 4.74 Å². The maximum Gasteiger partial charge on any atom is 0.138 e. The van der Waals surface area contributed by atoms with E-state index in [0.717, 1.165) is 11.3 Å². The first kappa shape index (κ1) is 11.1. The Morgan fingerprint density at radius 3 is 2.86 bits per heavy atom. The SMILES string of the molecule is C=CC(C)c1cccc(OCC)c1Cl. The van der Waals surface area contributed by atoms with E-state index in [2.05, 4.69) is 13.5 Å². The lowest BCUT2D eigenvalue weighted by Crippen LogP contribution is -1.96. The van der Waals surface area contributed by atoms with Gasteiger partial charge in [-0.1, -0.05) is 36.7 Å². The molecule has 2 heteroatoms. The van der Waals surface area contributed by atoms with Crippen LogP contribution in [0.25, 0.3) is 0 Å². The number of hydrogen-bond donors (Lipinski definition) is 0. The van der Waals surface area contributed by atoms with Crippen LogP contribution in [-0.4, -0.2) is 6.61 Å². The minimum absolute atomic E-state index is 0.253. The third-order valence-electron chi connectivity index (χ3n) is 2.14. The topological polar surface area (TPSA) is 9.23 Å². The van der Waals surface area contributed by atoms with Gasteiger partial charge in [0.05, 0.1) is 11.6 Å². The first-order valence-corrected chi connectivity index (χ1v) is 5.12. The Morgan fingerprint density at radius 2 is 2.29 bits per heavy atom. The van der Waals surface area contributed by atoms with E-state index in [4.69, 9.17) is 16.3 Å². The summed E-state index contributed by atoms with van der Waals surface area (Å²) in [4.78, 5) is 0. The quantitative estimate of drug-likeness (QED) is 0.682. The van der Waals surface area contributed by atoms with Crippen molar-refractivity contribution in [1.29, 1.82) is 0 Å². The lowest BCUT2D eigenvalue weighted by molar-refractivity contribution is 0.340. The maximum atomic E-state index is 6.19. The molecular formula is C12H15ClO. The highest BCUT2D eigenvalue weighted by Gasteiger charge is 2.10. The van der Waals surface area contributed by atoms with Crippen LogP contribution < -0.4 is 4.74 Å². The molecule has 0 amide bonds. The second-order valence-electron chi connectivity index (χ2n) is 3.12. The van der Waals surface area contributed by atoms with Gasteiger partial charge in [-0.25, -0.2) is 0 Å². The van der Waals surface area contributed by atoms with Gasteiger partial charge in [0.1, 0.15) is 5.75 Å². The van der Waals surface area contributed by atoms with Crippen LogP contribution in [-0.2, 0) is 0 Å². The standard InChI is InChI=1S/C12H15ClO/c1-4-9(3)10-7-6-8-11(12(10)13)14-5-2/h4,6-9H,1,5H2,2-3H3. The Kier molecular flexibility index (Phi) is 4.02. The monoisotopic (exact) mass is 210 g/mol. The normalized spacial score (nSPS) is 12.2. The van der Waals surface area contributed by atoms with Crippen molar-refractivity contribution in [3.8, 4) is 5.75 Å². The van der Waals surface area contributed by atoms with Gasteiger partial charge >= 0.3 is 0 Å². The van der Waals surface area contributed by atoms with Gasteiger partial charge in [0, 0.05) is 5.92 Å². The molecule has 0 spiro atoms. The molecule has 1 unspecified atom stereocenters. The molecular weight excluding hydrogens is 196 g/mol. The summed E-state index contributed by atoms with van der Waals surface area (Å²) < 4.78 is 5.41. The average molecular weight is 211 g/mol. The predicted molar refractivity (Wildman–Crippen MR) is 61.2 cm³/mol. The molecule has 0 heterocycles. The molecule has 0 radical (unpaired) electrons. The van der Waals surface area contributed by atoms with Crippen molar-refractivity contribution in [2.24, 2.45) is 0 Å². The van der Waals surface area contributed by atoms with E-state index < -0.39 is 0 Å². The van der Waals surface area contributed by atoms with Crippen LogP contribution in [0.1, 0.15) is 25.3 Å². The molecule has 0 saturated carbocycles. The van der Waals surface area contributed by atoms with Crippen molar-refractivity contribution >= 4 is 11.6 Å². The third-order valence-corrected chi connectivity index (χ3v) is 2.54. The molecule has 1 nitrogen and oxygen atoms in total. The summed E-state index contributed by atoms with van der Waals surface area (Å²) in [6.07, 6.45) is 1.87. The van der Waals surface area contributed by atoms with Crippen molar-refractivity contribution < 1.29 is 4.74 Å². The van der Waals surface area contributed by atoms with Crippen LogP contribution in [0.5, 0.6) is 5.75 Å². The molecule has 1 aromatic rings. The Labute approximate surface area is 90.3 Å². The molecule has 14 heavy (non-hydrogen) atoms. The fourth-order valence-corrected chi connectivity index (χ4v) is 1.63. The van der Waals surface area contributed by atoms with Gasteiger partial charge in [-0.3, -0.25) is 0 Å². The summed E-state index contributed by atoms with van der Waals surface area (Å²) in [5.74, 6) is 1.00. The van der Waals surface area contributed by atoms with E-state index in [1.54, 1.807) is 0 Å². The van der Waals surface area contributed by atoms with Gasteiger partial charge in [0.2, 0.25) is 0 Å². The zero-order valence-corrected chi connectivity index (χ0v) is 9.34. The van der Waals surface area contributed by atoms with Crippen LogP contribution in [0.4, 0.5) is 0 Å². The summed E-state index contributed by atoms with van der Waals surface area (Å²) in [6.45, 7) is 8.39. The number of halogens is 1. The van der Waals surface area contributed by atoms with Gasteiger partial charge in [-0.05, 0) is 18.6 Å². The predicted octanol–water partition coefficient (Wildman–Crippen LogP) is 4.03. The molecule has 0 aliphatic rings. The fraction of sp³-hybridized carbons (Fsp3) is 0.333. The summed E-state index contributed by atoms with van der Waals surface area (Å²) in [5.41, 5.74) is 1.06. The highest BCUT2D eigenvalue weighted by molar-refractivity contribution is 6.32. The van der Waals surface area contributed by atoms with E-state index in [9.17, 15) is 0 Å². The van der Waals surface area contributed by atoms with E-state index >= 15 is 0 Å². The first-order chi connectivity index (χ1) is 6.70. The number of benzene rings is 1. The van der Waals surface area contributed by atoms with Gasteiger partial charge in [-0.2, -0.15) is 0 Å². The molecule has 0 aliphatic heterocycles. The van der Waals surface area contributed by atoms with Gasteiger partial charge in [0.15, 0.2) is 0 Å². The highest BCUT2D eigenvalue weighted by atomic mass is 35.5. The number of allylic oxidation sites excluding steroid dienone is 1. The lowest BCUT2D eigenvalue weighted by Gasteiger charge is -2.12. The van der Waals surface area contributed by atoms with Crippen LogP contribution in [0.2, 0.25) is 5.02 Å². The van der Waals surface area contributed by atoms with E-state index in [1.807, 2.05) is 31.2 Å². The zero-order chi connectivity index (χ0) is 10.6. The molecule has 0 bridgehead atoms. The lowest BCUT2D eigenvalue weighted by atomic mass is 10.0. The van der Waals surface area contributed by atoms with Gasteiger partial charge in [0.25, 0.3) is 0 Å². The minimum atomic E-state index is 0.253. The summed E-state index contributed by atoms with van der Waals surface area (Å²) >= 11 is 6.19. The van der Waals surface area contributed by atoms with Crippen LogP contribution in [0.3, 0.4) is 0 Å². The molecule has 0 fully saturated rings. The van der Waals surface area contributed by atoms with Gasteiger partial charge in [-0.15, -0.1) is 6.58 Å². The van der Waals surface area contributed by atoms with Crippen molar-refractivity contribution in [3.05, 3.63) is 41.4 Å². The number of hydrogen-bond acceptors (Lipinski definition) is 1. The maximum absolute atomic E-state index is 6.19. The third kappa shape index (κ3) is 2.30. The number of ether oxygens (including phenoxy) is 1. The summed E-state index contributed by atoms with van der Waals surface area (Å²) in [5, 5.41) is 0.696. The largest absolute Gasteiger partial charge is 0.492 e. The Morgan fingerprint density at radius 1 is 1.57 bits per heavy atom. The first-order valence-electron chi connectivity index (χ1n) is 4.74. The smallest absolute Gasteiger partial charge is 0.138 e. The van der Waals surface area contributed by atoms with Crippen molar-refractivity contribution in [2.45, 2.75) is 19.8 Å². The molecule has 76 valence electrons. The molecule has 1 rings (SSSR count). The Hall–Kier alpha value is -0.950. The Balaban J connectivity index is 3.06. The van der Waals surface area contributed by atoms with Crippen molar-refractivity contribution in [2.75, 3.05) is 6.61 Å². The molecule has 0 aromatic heterocycles. The van der Waals surface area contributed by atoms with E-state index in [0.29, 0.717) is 11.6 Å².